The standard InChI is InChI=1S/C14H12F3N3O/c1-21-5-4-20-9-11(8-19-20)12-3-2-10(7-18)6-13(12)14(15,16)17/h2-3,6,8-9H,4-5H2,1H3. The maximum atomic E-state index is 13.1. The highest BCUT2D eigenvalue weighted by molar-refractivity contribution is 5.68. The van der Waals surface area contributed by atoms with Crippen LogP contribution in [0.25, 0.3) is 11.1 Å². The minimum Gasteiger partial charge on any atom is -0.383 e. The first-order valence-corrected chi connectivity index (χ1v) is 6.09. The van der Waals surface area contributed by atoms with Gasteiger partial charge in [-0.15, -0.1) is 0 Å². The van der Waals surface area contributed by atoms with Crippen molar-refractivity contribution in [3.05, 3.63) is 41.7 Å². The van der Waals surface area contributed by atoms with Crippen LogP contribution in [0.3, 0.4) is 0 Å². The first-order valence-electron chi connectivity index (χ1n) is 6.09. The number of ether oxygens (including phenoxy) is 1. The summed E-state index contributed by atoms with van der Waals surface area (Å²) in [5.74, 6) is 0. The zero-order chi connectivity index (χ0) is 15.5. The summed E-state index contributed by atoms with van der Waals surface area (Å²) >= 11 is 0. The molecular formula is C14H12F3N3O. The van der Waals surface area contributed by atoms with E-state index in [0.717, 1.165) is 6.07 Å². The van der Waals surface area contributed by atoms with Crippen molar-refractivity contribution in [3.8, 4) is 17.2 Å². The van der Waals surface area contributed by atoms with Crippen LogP contribution in [0.15, 0.2) is 30.6 Å². The van der Waals surface area contributed by atoms with E-state index in [2.05, 4.69) is 5.10 Å². The van der Waals surface area contributed by atoms with Gasteiger partial charge in [0.25, 0.3) is 0 Å². The monoisotopic (exact) mass is 295 g/mol. The van der Waals surface area contributed by atoms with Gasteiger partial charge in [0.15, 0.2) is 0 Å². The number of halogens is 3. The summed E-state index contributed by atoms with van der Waals surface area (Å²) in [5, 5.41) is 12.7. The quantitative estimate of drug-likeness (QED) is 0.871. The van der Waals surface area contributed by atoms with Gasteiger partial charge in [0.2, 0.25) is 0 Å². The molecule has 2 rings (SSSR count). The largest absolute Gasteiger partial charge is 0.417 e. The average molecular weight is 295 g/mol. The topological polar surface area (TPSA) is 50.8 Å². The summed E-state index contributed by atoms with van der Waals surface area (Å²) in [5.41, 5.74) is -0.515. The molecule has 0 saturated carbocycles. The summed E-state index contributed by atoms with van der Waals surface area (Å²) in [6.45, 7) is 0.870. The van der Waals surface area contributed by atoms with Gasteiger partial charge < -0.3 is 4.74 Å². The Hall–Kier alpha value is -2.33. The lowest BCUT2D eigenvalue weighted by Gasteiger charge is -2.11. The number of methoxy groups -OCH3 is 1. The average Bonchev–Trinajstić information content (AvgIpc) is 2.92. The normalized spacial score (nSPS) is 11.4. The van der Waals surface area contributed by atoms with E-state index in [9.17, 15) is 13.2 Å². The minimum absolute atomic E-state index is 0.00478. The van der Waals surface area contributed by atoms with Crippen LogP contribution in [0.5, 0.6) is 0 Å². The molecule has 0 aliphatic rings. The second-order valence-electron chi connectivity index (χ2n) is 4.35. The number of hydrogen-bond donors (Lipinski definition) is 0. The van der Waals surface area contributed by atoms with Crippen molar-refractivity contribution in [1.29, 1.82) is 5.26 Å². The van der Waals surface area contributed by atoms with Gasteiger partial charge in [-0.1, -0.05) is 6.07 Å². The smallest absolute Gasteiger partial charge is 0.383 e. The Kier molecular flexibility index (Phi) is 4.29. The molecule has 0 amide bonds. The highest BCUT2D eigenvalue weighted by Gasteiger charge is 2.34. The molecule has 0 atom stereocenters. The van der Waals surface area contributed by atoms with Gasteiger partial charge in [0, 0.05) is 18.9 Å². The molecule has 0 fully saturated rings. The zero-order valence-electron chi connectivity index (χ0n) is 11.2. The lowest BCUT2D eigenvalue weighted by Crippen LogP contribution is -2.07. The molecule has 4 nitrogen and oxygen atoms in total. The summed E-state index contributed by atoms with van der Waals surface area (Å²) in [4.78, 5) is 0. The summed E-state index contributed by atoms with van der Waals surface area (Å²) in [7, 11) is 1.53. The minimum atomic E-state index is -4.53. The van der Waals surface area contributed by atoms with Crippen LogP contribution in [0.1, 0.15) is 11.1 Å². The predicted molar refractivity (Wildman–Crippen MR) is 69.3 cm³/mol. The Bertz CT molecular complexity index is 671. The number of hydrogen-bond acceptors (Lipinski definition) is 3. The maximum Gasteiger partial charge on any atom is 0.417 e. The Morgan fingerprint density at radius 2 is 2.14 bits per heavy atom. The fraction of sp³-hybridized carbons (Fsp3) is 0.286. The summed E-state index contributed by atoms with van der Waals surface area (Å²) < 4.78 is 45.7. The molecule has 21 heavy (non-hydrogen) atoms. The molecule has 1 aromatic carbocycles. The first-order chi connectivity index (χ1) is 9.95. The van der Waals surface area contributed by atoms with Gasteiger partial charge in [-0.3, -0.25) is 4.68 Å². The van der Waals surface area contributed by atoms with Crippen LogP contribution in [-0.2, 0) is 17.5 Å². The Labute approximate surface area is 119 Å². The van der Waals surface area contributed by atoms with Crippen molar-refractivity contribution < 1.29 is 17.9 Å². The molecule has 0 radical (unpaired) electrons. The molecule has 0 unspecified atom stereocenters. The number of aromatic nitrogens is 2. The molecule has 110 valence electrons. The fourth-order valence-corrected chi connectivity index (χ4v) is 1.91. The van der Waals surface area contributed by atoms with Crippen molar-refractivity contribution in [3.63, 3.8) is 0 Å². The van der Waals surface area contributed by atoms with Gasteiger partial charge in [-0.2, -0.15) is 23.5 Å². The molecule has 7 heteroatoms. The van der Waals surface area contributed by atoms with Crippen molar-refractivity contribution in [2.45, 2.75) is 12.7 Å². The molecule has 1 heterocycles. The maximum absolute atomic E-state index is 13.1. The summed E-state index contributed by atoms with van der Waals surface area (Å²) in [6, 6.07) is 5.21. The third kappa shape index (κ3) is 3.41. The predicted octanol–water partition coefficient (Wildman–Crippen LogP) is 3.09. The van der Waals surface area contributed by atoms with Crippen LogP contribution < -0.4 is 0 Å². The van der Waals surface area contributed by atoms with Gasteiger partial charge in [0.05, 0.1) is 36.5 Å². The van der Waals surface area contributed by atoms with Crippen molar-refractivity contribution in [2.75, 3.05) is 13.7 Å². The molecule has 0 spiro atoms. The van der Waals surface area contributed by atoms with Crippen LogP contribution >= 0.6 is 0 Å². The third-order valence-corrected chi connectivity index (χ3v) is 2.92. The van der Waals surface area contributed by atoms with Crippen LogP contribution in [0, 0.1) is 11.3 Å². The lowest BCUT2D eigenvalue weighted by molar-refractivity contribution is -0.137. The van der Waals surface area contributed by atoms with Crippen LogP contribution in [-0.4, -0.2) is 23.5 Å². The van der Waals surface area contributed by atoms with E-state index in [1.807, 2.05) is 0 Å². The van der Waals surface area contributed by atoms with E-state index < -0.39 is 11.7 Å². The van der Waals surface area contributed by atoms with E-state index in [4.69, 9.17) is 10.00 Å². The van der Waals surface area contributed by atoms with Crippen molar-refractivity contribution >= 4 is 0 Å². The molecule has 2 aromatic rings. The highest BCUT2D eigenvalue weighted by Crippen LogP contribution is 2.37. The van der Waals surface area contributed by atoms with Crippen molar-refractivity contribution in [2.24, 2.45) is 0 Å². The fourth-order valence-electron chi connectivity index (χ4n) is 1.91. The third-order valence-electron chi connectivity index (χ3n) is 2.92. The van der Waals surface area contributed by atoms with Gasteiger partial charge in [0.1, 0.15) is 0 Å². The first kappa shape index (κ1) is 15.1. The van der Waals surface area contributed by atoms with E-state index in [-0.39, 0.29) is 11.1 Å². The Morgan fingerprint density at radius 3 is 2.76 bits per heavy atom. The number of nitrogens with zero attached hydrogens (tertiary/aromatic N) is 3. The van der Waals surface area contributed by atoms with Gasteiger partial charge in [-0.05, 0) is 17.7 Å². The van der Waals surface area contributed by atoms with E-state index in [0.29, 0.717) is 18.7 Å². The molecule has 0 bridgehead atoms. The SMILES string of the molecule is COCCn1cc(-c2ccc(C#N)cc2C(F)(F)F)cn1. The van der Waals surface area contributed by atoms with Gasteiger partial charge >= 0.3 is 6.18 Å². The molecule has 0 aliphatic carbocycles. The Balaban J connectivity index is 2.44. The second-order valence-corrected chi connectivity index (χ2v) is 4.35. The van der Waals surface area contributed by atoms with Crippen LogP contribution in [0.4, 0.5) is 13.2 Å². The number of alkyl halides is 3. The number of rotatable bonds is 4. The zero-order valence-corrected chi connectivity index (χ0v) is 11.2. The second kappa shape index (κ2) is 5.97. The number of benzene rings is 1. The number of nitriles is 1. The molecule has 0 saturated heterocycles. The Morgan fingerprint density at radius 1 is 1.38 bits per heavy atom. The van der Waals surface area contributed by atoms with E-state index >= 15 is 0 Å². The van der Waals surface area contributed by atoms with Crippen molar-refractivity contribution in [1.82, 2.24) is 9.78 Å². The van der Waals surface area contributed by atoms with E-state index in [1.54, 1.807) is 6.07 Å². The van der Waals surface area contributed by atoms with Gasteiger partial charge in [-0.25, -0.2) is 0 Å². The summed E-state index contributed by atoms with van der Waals surface area (Å²) in [6.07, 6.45) is -1.64. The molecular weight excluding hydrogens is 283 g/mol. The molecule has 0 aliphatic heterocycles. The molecule has 0 N–H and O–H groups in total. The highest BCUT2D eigenvalue weighted by atomic mass is 19.4. The van der Waals surface area contributed by atoms with E-state index in [1.165, 1.54) is 36.3 Å². The molecule has 1 aromatic heterocycles. The van der Waals surface area contributed by atoms with Crippen LogP contribution in [0.2, 0.25) is 0 Å². The lowest BCUT2D eigenvalue weighted by atomic mass is 9.99.